The van der Waals surface area contributed by atoms with Crippen molar-refractivity contribution >= 4 is 57.1 Å². The second kappa shape index (κ2) is 9.65. The van der Waals surface area contributed by atoms with Crippen molar-refractivity contribution in [2.45, 2.75) is 20.3 Å². The van der Waals surface area contributed by atoms with Crippen LogP contribution < -0.4 is 9.64 Å². The highest BCUT2D eigenvalue weighted by atomic mass is 35.5. The molecular weight excluding hydrogens is 437 g/mol. The lowest BCUT2D eigenvalue weighted by Gasteiger charge is -2.23. The number of hydrogen-bond donors (Lipinski definition) is 0. The van der Waals surface area contributed by atoms with Gasteiger partial charge in [-0.25, -0.2) is 4.98 Å². The predicted molar refractivity (Wildman–Crippen MR) is 130 cm³/mol. The van der Waals surface area contributed by atoms with Gasteiger partial charge in [0.15, 0.2) is 5.13 Å². The number of aryl methyl sites for hydroxylation is 1. The summed E-state index contributed by atoms with van der Waals surface area (Å²) in [7, 11) is 1.66. The Balaban J connectivity index is 0.00000256. The van der Waals surface area contributed by atoms with Crippen molar-refractivity contribution in [3.63, 3.8) is 0 Å². The quantitative estimate of drug-likeness (QED) is 0.303. The van der Waals surface area contributed by atoms with Crippen LogP contribution in [0.15, 0.2) is 54.7 Å². The van der Waals surface area contributed by atoms with Gasteiger partial charge in [-0.15, -0.1) is 23.7 Å². The second-order valence-electron chi connectivity index (χ2n) is 6.74. The van der Waals surface area contributed by atoms with E-state index in [0.29, 0.717) is 5.02 Å². The zero-order chi connectivity index (χ0) is 20.4. The average molecular weight is 460 g/mol. The van der Waals surface area contributed by atoms with E-state index in [-0.39, 0.29) is 12.4 Å². The molecule has 0 atom stereocenters. The zero-order valence-electron chi connectivity index (χ0n) is 17.1. The summed E-state index contributed by atoms with van der Waals surface area (Å²) < 4.78 is 5.55. The van der Waals surface area contributed by atoms with Crippen molar-refractivity contribution in [2.75, 3.05) is 18.6 Å². The maximum atomic E-state index is 6.14. The molecule has 156 valence electrons. The molecule has 0 spiro atoms. The molecule has 4 aromatic rings. The second-order valence-corrected chi connectivity index (χ2v) is 8.36. The molecule has 2 aromatic carbocycles. The van der Waals surface area contributed by atoms with Gasteiger partial charge in [-0.2, -0.15) is 0 Å². The Morgan fingerprint density at radius 2 is 1.97 bits per heavy atom. The van der Waals surface area contributed by atoms with Crippen LogP contribution in [0, 0.1) is 6.92 Å². The number of nitrogens with zero attached hydrogens (tertiary/aromatic N) is 3. The summed E-state index contributed by atoms with van der Waals surface area (Å²) >= 11 is 7.83. The van der Waals surface area contributed by atoms with Crippen LogP contribution in [-0.4, -0.2) is 23.6 Å². The largest absolute Gasteiger partial charge is 0.496 e. The third-order valence-corrected chi connectivity index (χ3v) is 6.02. The Morgan fingerprint density at radius 3 is 2.73 bits per heavy atom. The topological polar surface area (TPSA) is 38.2 Å². The van der Waals surface area contributed by atoms with Gasteiger partial charge in [-0.3, -0.25) is 4.98 Å². The number of anilines is 2. The van der Waals surface area contributed by atoms with E-state index in [9.17, 15) is 0 Å². The summed E-state index contributed by atoms with van der Waals surface area (Å²) in [4.78, 5) is 13.0. The van der Waals surface area contributed by atoms with E-state index in [0.717, 1.165) is 56.6 Å². The molecule has 4 nitrogen and oxygen atoms in total. The Labute approximate surface area is 191 Å². The molecule has 0 fully saturated rings. The zero-order valence-corrected chi connectivity index (χ0v) is 19.4. The van der Waals surface area contributed by atoms with Crippen molar-refractivity contribution in [3.05, 3.63) is 64.6 Å². The van der Waals surface area contributed by atoms with Crippen LogP contribution in [0.3, 0.4) is 0 Å². The van der Waals surface area contributed by atoms with Crippen molar-refractivity contribution in [1.29, 1.82) is 0 Å². The van der Waals surface area contributed by atoms with E-state index in [2.05, 4.69) is 41.9 Å². The molecular formula is C23H23Cl2N3OS. The lowest BCUT2D eigenvalue weighted by Crippen LogP contribution is -2.18. The molecule has 0 unspecified atom stereocenters. The first-order valence-electron chi connectivity index (χ1n) is 9.55. The van der Waals surface area contributed by atoms with Crippen molar-refractivity contribution in [1.82, 2.24) is 9.97 Å². The molecule has 0 radical (unpaired) electrons. The lowest BCUT2D eigenvalue weighted by atomic mass is 10.1. The van der Waals surface area contributed by atoms with E-state index >= 15 is 0 Å². The van der Waals surface area contributed by atoms with Crippen LogP contribution in [0.4, 0.5) is 10.8 Å². The Bertz CT molecular complexity index is 1160. The average Bonchev–Trinajstić information content (AvgIpc) is 3.12. The van der Waals surface area contributed by atoms with E-state index in [1.807, 2.05) is 36.5 Å². The number of pyridine rings is 1. The molecule has 0 aliphatic carbocycles. The third-order valence-electron chi connectivity index (χ3n) is 4.80. The summed E-state index contributed by atoms with van der Waals surface area (Å²) in [6, 6.07) is 16.0. The van der Waals surface area contributed by atoms with Gasteiger partial charge in [0.2, 0.25) is 0 Å². The maximum absolute atomic E-state index is 6.14. The fraction of sp³-hybridized carbons (Fsp3) is 0.217. The van der Waals surface area contributed by atoms with Crippen molar-refractivity contribution in [2.24, 2.45) is 0 Å². The Kier molecular flexibility index (Phi) is 7.19. The van der Waals surface area contributed by atoms with Gasteiger partial charge in [-0.05, 0) is 55.8 Å². The molecule has 0 saturated carbocycles. The fourth-order valence-electron chi connectivity index (χ4n) is 3.47. The highest BCUT2D eigenvalue weighted by Gasteiger charge is 2.20. The van der Waals surface area contributed by atoms with Gasteiger partial charge >= 0.3 is 0 Å². The predicted octanol–water partition coefficient (Wildman–Crippen LogP) is 7.30. The van der Waals surface area contributed by atoms with Crippen LogP contribution in [0.5, 0.6) is 5.75 Å². The maximum Gasteiger partial charge on any atom is 0.190 e. The summed E-state index contributed by atoms with van der Waals surface area (Å²) in [5.41, 5.74) is 3.99. The van der Waals surface area contributed by atoms with E-state index in [1.54, 1.807) is 18.4 Å². The molecule has 0 aliphatic rings. The number of ether oxygens (including phenoxy) is 1. The molecule has 0 saturated heterocycles. The minimum Gasteiger partial charge on any atom is -0.496 e. The lowest BCUT2D eigenvalue weighted by molar-refractivity contribution is 0.416. The van der Waals surface area contributed by atoms with Gasteiger partial charge in [0.25, 0.3) is 0 Å². The third kappa shape index (κ3) is 4.24. The Morgan fingerprint density at radius 1 is 1.13 bits per heavy atom. The van der Waals surface area contributed by atoms with Crippen LogP contribution in [-0.2, 0) is 0 Å². The fourth-order valence-corrected chi connectivity index (χ4v) is 4.60. The number of halogens is 2. The Hall–Kier alpha value is -2.34. The SMILES string of the molecule is CCCN(c1nc(-c2ccc(Cl)cc2OC)c(C)s1)c1cccc2ncccc12.Cl. The molecule has 2 aromatic heterocycles. The number of methoxy groups -OCH3 is 1. The number of thiazole rings is 1. The van der Waals surface area contributed by atoms with Gasteiger partial charge in [0.05, 0.1) is 24.0 Å². The number of benzene rings is 2. The van der Waals surface area contributed by atoms with Gasteiger partial charge in [0.1, 0.15) is 5.75 Å². The van der Waals surface area contributed by atoms with Gasteiger partial charge in [0, 0.05) is 33.6 Å². The van der Waals surface area contributed by atoms with Crippen molar-refractivity contribution < 1.29 is 4.74 Å². The highest BCUT2D eigenvalue weighted by Crippen LogP contribution is 2.41. The molecule has 0 N–H and O–H groups in total. The number of hydrogen-bond acceptors (Lipinski definition) is 5. The van der Waals surface area contributed by atoms with Crippen LogP contribution >= 0.6 is 35.3 Å². The van der Waals surface area contributed by atoms with E-state index in [1.165, 1.54) is 0 Å². The van der Waals surface area contributed by atoms with Gasteiger partial charge < -0.3 is 9.64 Å². The van der Waals surface area contributed by atoms with Crippen LogP contribution in [0.1, 0.15) is 18.2 Å². The van der Waals surface area contributed by atoms with Crippen LogP contribution in [0.25, 0.3) is 22.2 Å². The standard InChI is InChI=1S/C23H22ClN3OS.ClH/c1-4-13-27(20-9-5-8-19-17(20)7-6-12-25-19)23-26-22(15(2)29-23)18-11-10-16(24)14-21(18)28-3;/h5-12,14H,4,13H2,1-3H3;1H. The molecule has 7 heteroatoms. The molecule has 4 rings (SSSR count). The van der Waals surface area contributed by atoms with Crippen molar-refractivity contribution in [3.8, 4) is 17.0 Å². The molecule has 0 aliphatic heterocycles. The number of aromatic nitrogens is 2. The summed E-state index contributed by atoms with van der Waals surface area (Å²) in [5, 5.41) is 2.74. The summed E-state index contributed by atoms with van der Waals surface area (Å²) in [6.45, 7) is 5.15. The monoisotopic (exact) mass is 459 g/mol. The van der Waals surface area contributed by atoms with E-state index in [4.69, 9.17) is 21.3 Å². The summed E-state index contributed by atoms with van der Waals surface area (Å²) in [5.74, 6) is 0.730. The van der Waals surface area contributed by atoms with E-state index < -0.39 is 0 Å². The minimum absolute atomic E-state index is 0. The minimum atomic E-state index is 0. The highest BCUT2D eigenvalue weighted by molar-refractivity contribution is 7.16. The smallest absolute Gasteiger partial charge is 0.190 e. The normalized spacial score (nSPS) is 10.7. The first-order chi connectivity index (χ1) is 14.1. The molecule has 2 heterocycles. The molecule has 30 heavy (non-hydrogen) atoms. The first-order valence-corrected chi connectivity index (χ1v) is 10.7. The number of rotatable bonds is 6. The van der Waals surface area contributed by atoms with Crippen LogP contribution in [0.2, 0.25) is 5.02 Å². The first kappa shape index (κ1) is 22.3. The van der Waals surface area contributed by atoms with Gasteiger partial charge in [-0.1, -0.05) is 24.6 Å². The molecule has 0 amide bonds. The number of fused-ring (bicyclic) bond motifs is 1. The molecule has 0 bridgehead atoms. The summed E-state index contributed by atoms with van der Waals surface area (Å²) in [6.07, 6.45) is 2.84.